The summed E-state index contributed by atoms with van der Waals surface area (Å²) in [7, 11) is 0. The van der Waals surface area contributed by atoms with Gasteiger partial charge in [-0.2, -0.15) is 0 Å². The topological polar surface area (TPSA) is 29.1 Å². The number of hydrogen-bond acceptors (Lipinski definition) is 1. The molecule has 0 fully saturated rings. The Morgan fingerprint density at radius 2 is 1.85 bits per heavy atom. The molecule has 2 aromatic rings. The number of rotatable bonds is 4. The molecule has 0 saturated carbocycles. The van der Waals surface area contributed by atoms with Crippen molar-refractivity contribution in [3.63, 3.8) is 0 Å². The molecule has 0 heterocycles. The predicted molar refractivity (Wildman–Crippen MR) is 87.6 cm³/mol. The molecule has 1 N–H and O–H groups in total. The first-order valence-electron chi connectivity index (χ1n) is 6.33. The van der Waals surface area contributed by atoms with E-state index in [1.807, 2.05) is 43.3 Å². The minimum Gasteiger partial charge on any atom is -0.326 e. The predicted octanol–water partition coefficient (Wildman–Crippen LogP) is 4.98. The maximum atomic E-state index is 12.1. The van der Waals surface area contributed by atoms with Crippen molar-refractivity contribution in [2.24, 2.45) is 0 Å². The Kier molecular flexibility index (Phi) is 5.21. The summed E-state index contributed by atoms with van der Waals surface area (Å²) in [6.45, 7) is 2.03. The van der Waals surface area contributed by atoms with Crippen LogP contribution in [0, 0.1) is 0 Å². The monoisotopic (exact) mass is 351 g/mol. The molecule has 0 saturated heterocycles. The van der Waals surface area contributed by atoms with Crippen molar-refractivity contribution in [1.29, 1.82) is 0 Å². The molecule has 2 aromatic carbocycles. The highest BCUT2D eigenvalue weighted by molar-refractivity contribution is 9.09. The van der Waals surface area contributed by atoms with Gasteiger partial charge in [-0.05, 0) is 36.2 Å². The molecule has 2 nitrogen and oxygen atoms in total. The highest BCUT2D eigenvalue weighted by Gasteiger charge is 2.10. The van der Waals surface area contributed by atoms with Gasteiger partial charge in [0.15, 0.2) is 0 Å². The van der Waals surface area contributed by atoms with Crippen LogP contribution in [0.3, 0.4) is 0 Å². The van der Waals surface area contributed by atoms with Gasteiger partial charge in [0, 0.05) is 15.5 Å². The normalized spacial score (nSPS) is 11.9. The van der Waals surface area contributed by atoms with Crippen LogP contribution in [0.4, 0.5) is 5.69 Å². The first kappa shape index (κ1) is 15.1. The number of benzene rings is 2. The first-order valence-corrected chi connectivity index (χ1v) is 7.63. The van der Waals surface area contributed by atoms with E-state index in [1.54, 1.807) is 12.1 Å². The summed E-state index contributed by atoms with van der Waals surface area (Å²) >= 11 is 9.36. The van der Waals surface area contributed by atoms with Crippen molar-refractivity contribution < 1.29 is 4.79 Å². The molecule has 0 radical (unpaired) electrons. The molecule has 1 amide bonds. The van der Waals surface area contributed by atoms with Crippen LogP contribution in [-0.4, -0.2) is 5.91 Å². The fraction of sp³-hybridized carbons (Fsp3) is 0.188. The van der Waals surface area contributed by atoms with E-state index in [-0.39, 0.29) is 10.7 Å². The van der Waals surface area contributed by atoms with Gasteiger partial charge in [-0.25, -0.2) is 0 Å². The highest BCUT2D eigenvalue weighted by atomic mass is 79.9. The Balaban J connectivity index is 2.07. The van der Waals surface area contributed by atoms with E-state index in [1.165, 1.54) is 0 Å². The van der Waals surface area contributed by atoms with Gasteiger partial charge in [0.2, 0.25) is 5.91 Å². The molecular weight excluding hydrogens is 338 g/mol. The summed E-state index contributed by atoms with van der Waals surface area (Å²) in [4.78, 5) is 12.3. The fourth-order valence-electron chi connectivity index (χ4n) is 1.94. The molecule has 4 heteroatoms. The second-order valence-electron chi connectivity index (χ2n) is 4.55. The lowest BCUT2D eigenvalue weighted by Gasteiger charge is -2.12. The number of anilines is 1. The SMILES string of the molecule is CC(Br)c1ccccc1NC(=O)Cc1ccc(Cl)cc1. The summed E-state index contributed by atoms with van der Waals surface area (Å²) < 4.78 is 0. The Morgan fingerprint density at radius 1 is 1.20 bits per heavy atom. The van der Waals surface area contributed by atoms with E-state index in [9.17, 15) is 4.79 Å². The van der Waals surface area contributed by atoms with E-state index in [4.69, 9.17) is 11.6 Å². The fourth-order valence-corrected chi connectivity index (χ4v) is 2.46. The van der Waals surface area contributed by atoms with Gasteiger partial charge in [0.05, 0.1) is 6.42 Å². The lowest BCUT2D eigenvalue weighted by Crippen LogP contribution is -2.15. The lowest BCUT2D eigenvalue weighted by atomic mass is 10.1. The zero-order valence-corrected chi connectivity index (χ0v) is 13.4. The largest absolute Gasteiger partial charge is 0.326 e. The number of alkyl halides is 1. The van der Waals surface area contributed by atoms with Crippen LogP contribution in [0.25, 0.3) is 0 Å². The van der Waals surface area contributed by atoms with Crippen LogP contribution in [0.2, 0.25) is 5.02 Å². The van der Waals surface area contributed by atoms with Crippen molar-refractivity contribution in [2.45, 2.75) is 18.2 Å². The zero-order valence-electron chi connectivity index (χ0n) is 11.1. The van der Waals surface area contributed by atoms with Gasteiger partial charge in [-0.3, -0.25) is 4.79 Å². The molecule has 0 aliphatic heterocycles. The molecule has 0 spiro atoms. The standard InChI is InChI=1S/C16H15BrClNO/c1-11(17)14-4-2-3-5-15(14)19-16(20)10-12-6-8-13(18)9-7-12/h2-9,11H,10H2,1H3,(H,19,20). The van der Waals surface area contributed by atoms with Crippen molar-refractivity contribution in [1.82, 2.24) is 0 Å². The molecule has 0 aliphatic rings. The van der Waals surface area contributed by atoms with Crippen LogP contribution in [-0.2, 0) is 11.2 Å². The number of carbonyl (C=O) groups is 1. The third kappa shape index (κ3) is 4.09. The molecule has 1 unspecified atom stereocenters. The molecule has 20 heavy (non-hydrogen) atoms. The summed E-state index contributed by atoms with van der Waals surface area (Å²) in [5, 5.41) is 3.63. The van der Waals surface area contributed by atoms with Crippen LogP contribution >= 0.6 is 27.5 Å². The molecule has 2 rings (SSSR count). The average Bonchev–Trinajstić information content (AvgIpc) is 2.41. The second-order valence-corrected chi connectivity index (χ2v) is 6.36. The number of hydrogen-bond donors (Lipinski definition) is 1. The minimum atomic E-state index is -0.0343. The Hall–Kier alpha value is -1.32. The Labute approximate surface area is 132 Å². The highest BCUT2D eigenvalue weighted by Crippen LogP contribution is 2.28. The third-order valence-corrected chi connectivity index (χ3v) is 3.69. The maximum Gasteiger partial charge on any atom is 0.228 e. The number of amides is 1. The van der Waals surface area contributed by atoms with Crippen molar-refractivity contribution in [3.05, 3.63) is 64.7 Å². The van der Waals surface area contributed by atoms with Crippen LogP contribution in [0.5, 0.6) is 0 Å². The number of carbonyl (C=O) groups excluding carboxylic acids is 1. The first-order chi connectivity index (χ1) is 9.56. The van der Waals surface area contributed by atoms with E-state index in [0.29, 0.717) is 11.4 Å². The summed E-state index contributed by atoms with van der Waals surface area (Å²) in [5.74, 6) is -0.0343. The van der Waals surface area contributed by atoms with Gasteiger partial charge < -0.3 is 5.32 Å². The molecule has 104 valence electrons. The van der Waals surface area contributed by atoms with Crippen LogP contribution in [0.1, 0.15) is 22.9 Å². The Morgan fingerprint density at radius 3 is 2.50 bits per heavy atom. The molecule has 1 atom stereocenters. The van der Waals surface area contributed by atoms with E-state index >= 15 is 0 Å². The minimum absolute atomic E-state index is 0.0343. The molecule has 0 bridgehead atoms. The van der Waals surface area contributed by atoms with Crippen molar-refractivity contribution >= 4 is 39.1 Å². The van der Waals surface area contributed by atoms with Gasteiger partial charge in [-0.1, -0.05) is 57.9 Å². The van der Waals surface area contributed by atoms with Crippen molar-refractivity contribution in [2.75, 3.05) is 5.32 Å². The number of nitrogens with one attached hydrogen (secondary N) is 1. The Bertz CT molecular complexity index is 596. The summed E-state index contributed by atoms with van der Waals surface area (Å²) in [6, 6.07) is 15.1. The van der Waals surface area contributed by atoms with E-state index in [0.717, 1.165) is 16.8 Å². The van der Waals surface area contributed by atoms with Crippen molar-refractivity contribution in [3.8, 4) is 0 Å². The molecule has 0 aliphatic carbocycles. The summed E-state index contributed by atoms with van der Waals surface area (Å²) in [6.07, 6.45) is 0.335. The molecule has 0 aromatic heterocycles. The maximum absolute atomic E-state index is 12.1. The van der Waals surface area contributed by atoms with E-state index < -0.39 is 0 Å². The number of para-hydroxylation sites is 1. The smallest absolute Gasteiger partial charge is 0.228 e. The van der Waals surface area contributed by atoms with Crippen LogP contribution < -0.4 is 5.32 Å². The zero-order chi connectivity index (χ0) is 14.5. The van der Waals surface area contributed by atoms with E-state index in [2.05, 4.69) is 21.2 Å². The lowest BCUT2D eigenvalue weighted by molar-refractivity contribution is -0.115. The molecular formula is C16H15BrClNO. The number of halogens is 2. The van der Waals surface area contributed by atoms with Gasteiger partial charge in [-0.15, -0.1) is 0 Å². The van der Waals surface area contributed by atoms with Gasteiger partial charge >= 0.3 is 0 Å². The van der Waals surface area contributed by atoms with Crippen LogP contribution in [0.15, 0.2) is 48.5 Å². The summed E-state index contributed by atoms with van der Waals surface area (Å²) in [5.41, 5.74) is 2.85. The second kappa shape index (κ2) is 6.91. The van der Waals surface area contributed by atoms with Gasteiger partial charge in [0.25, 0.3) is 0 Å². The van der Waals surface area contributed by atoms with Gasteiger partial charge in [0.1, 0.15) is 0 Å². The average molecular weight is 353 g/mol. The quantitative estimate of drug-likeness (QED) is 0.773. The third-order valence-electron chi connectivity index (χ3n) is 2.94.